The maximum Gasteiger partial charge on any atom is 0.330 e. The number of aliphatic hydroxyl groups is 1. The molecule has 0 saturated heterocycles. The topological polar surface area (TPSA) is 89.9 Å². The Kier molecular flexibility index (Phi) is 4.90. The molecule has 1 aliphatic rings. The lowest BCUT2D eigenvalue weighted by Gasteiger charge is -2.16. The number of hydrogen-bond donors (Lipinski definition) is 3. The van der Waals surface area contributed by atoms with Crippen molar-refractivity contribution in [2.75, 3.05) is 4.31 Å². The summed E-state index contributed by atoms with van der Waals surface area (Å²) in [5, 5.41) is 19.7. The molecule has 0 spiro atoms. The summed E-state index contributed by atoms with van der Waals surface area (Å²) >= 11 is 0. The third kappa shape index (κ3) is 4.05. The minimum absolute atomic E-state index is 0.0810. The molecule has 29 heavy (non-hydrogen) atoms. The largest absolute Gasteiger partial charge is 0.506 e. The fourth-order valence-electron chi connectivity index (χ4n) is 3.28. The molecule has 0 radical (unpaired) electrons. The molecule has 3 aromatic carbocycles. The van der Waals surface area contributed by atoms with E-state index in [1.54, 1.807) is 12.1 Å². The zero-order valence-corrected chi connectivity index (χ0v) is 16.3. The van der Waals surface area contributed by atoms with Gasteiger partial charge in [0.1, 0.15) is 11.4 Å². The second-order valence-electron chi connectivity index (χ2n) is 6.80. The molecule has 0 amide bonds. The minimum atomic E-state index is -3.93. The number of aromatic hydroxyl groups is 1. The van der Waals surface area contributed by atoms with Crippen molar-refractivity contribution >= 4 is 15.9 Å². The Morgan fingerprint density at radius 3 is 2.03 bits per heavy atom. The third-order valence-corrected chi connectivity index (χ3v) is 6.06. The smallest absolute Gasteiger partial charge is 0.330 e. The van der Waals surface area contributed by atoms with Crippen LogP contribution < -0.4 is 9.03 Å². The van der Waals surface area contributed by atoms with Crippen LogP contribution >= 0.6 is 0 Å². The molecule has 4 rings (SSSR count). The van der Waals surface area contributed by atoms with Crippen LogP contribution in [0.1, 0.15) is 11.1 Å². The fourth-order valence-corrected chi connectivity index (χ4v) is 4.35. The van der Waals surface area contributed by atoms with E-state index in [0.29, 0.717) is 6.42 Å². The molecule has 0 atom stereocenters. The first-order valence-electron chi connectivity index (χ1n) is 9.11. The van der Waals surface area contributed by atoms with Crippen LogP contribution in [0.4, 0.5) is 5.69 Å². The molecule has 1 heterocycles. The molecule has 0 aromatic heterocycles. The number of phenols is 1. The highest BCUT2D eigenvalue weighted by atomic mass is 32.2. The minimum Gasteiger partial charge on any atom is -0.506 e. The lowest BCUT2D eigenvalue weighted by atomic mass is 10.00. The highest BCUT2D eigenvalue weighted by Gasteiger charge is 2.30. The number of aryl methyl sites for hydroxylation is 2. The predicted molar refractivity (Wildman–Crippen MR) is 113 cm³/mol. The van der Waals surface area contributed by atoms with E-state index in [4.69, 9.17) is 0 Å². The number of nitrogens with one attached hydrogen (secondary N) is 1. The number of nitrogens with zero attached hydrogens (tertiary/aromatic N) is 1. The molecule has 0 aliphatic carbocycles. The van der Waals surface area contributed by atoms with Crippen LogP contribution in [-0.4, -0.2) is 18.6 Å². The van der Waals surface area contributed by atoms with E-state index in [9.17, 15) is 18.6 Å². The van der Waals surface area contributed by atoms with Gasteiger partial charge in [0.25, 0.3) is 0 Å². The van der Waals surface area contributed by atoms with E-state index >= 15 is 0 Å². The summed E-state index contributed by atoms with van der Waals surface area (Å²) in [5.41, 5.74) is 4.47. The Morgan fingerprint density at radius 2 is 1.41 bits per heavy atom. The number of aliphatic hydroxyl groups excluding tert-OH is 1. The number of benzene rings is 3. The van der Waals surface area contributed by atoms with Crippen LogP contribution in [0, 0.1) is 0 Å². The van der Waals surface area contributed by atoms with Gasteiger partial charge in [-0.05, 0) is 47.2 Å². The van der Waals surface area contributed by atoms with Gasteiger partial charge in [0.15, 0.2) is 0 Å². The van der Waals surface area contributed by atoms with Crippen molar-refractivity contribution in [1.29, 1.82) is 0 Å². The van der Waals surface area contributed by atoms with Crippen LogP contribution in [-0.2, 0) is 23.1 Å². The monoisotopic (exact) mass is 408 g/mol. The summed E-state index contributed by atoms with van der Waals surface area (Å²) in [7, 11) is -3.93. The number of hydrogen-bond acceptors (Lipinski definition) is 4. The SMILES string of the molecule is O=S1(=O)NC(O)=CN1c1ccc(CCc2ccc(-c3ccccc3)cc2)cc1O. The van der Waals surface area contributed by atoms with E-state index in [1.807, 2.05) is 22.9 Å². The third-order valence-electron chi connectivity index (χ3n) is 4.77. The van der Waals surface area contributed by atoms with E-state index in [-0.39, 0.29) is 11.4 Å². The second-order valence-corrected chi connectivity index (χ2v) is 8.35. The average Bonchev–Trinajstić information content (AvgIpc) is 2.99. The second kappa shape index (κ2) is 7.52. The normalized spacial score (nSPS) is 15.0. The molecular formula is C22H20N2O4S. The Bertz CT molecular complexity index is 1160. The standard InChI is InChI=1S/C22H20N2O4S/c25-21-14-17(10-13-20(21)24-15-22(26)23-29(24,27)28)7-6-16-8-11-19(12-9-16)18-4-2-1-3-5-18/h1-5,8-15,23,25-26H,6-7H2. The molecular weight excluding hydrogens is 388 g/mol. The van der Waals surface area contributed by atoms with Crippen LogP contribution in [0.15, 0.2) is 84.9 Å². The number of anilines is 1. The molecule has 0 bridgehead atoms. The summed E-state index contributed by atoms with van der Waals surface area (Å²) in [6.45, 7) is 0. The number of phenolic OH excluding ortho intramolecular Hbond substituents is 1. The van der Waals surface area contributed by atoms with Crippen molar-refractivity contribution in [3.8, 4) is 16.9 Å². The molecule has 1 aliphatic heterocycles. The van der Waals surface area contributed by atoms with Gasteiger partial charge in [-0.1, -0.05) is 60.7 Å². The van der Waals surface area contributed by atoms with Gasteiger partial charge < -0.3 is 10.2 Å². The van der Waals surface area contributed by atoms with Gasteiger partial charge in [-0.25, -0.2) is 9.03 Å². The van der Waals surface area contributed by atoms with E-state index in [2.05, 4.69) is 36.4 Å². The van der Waals surface area contributed by atoms with Gasteiger partial charge in [-0.15, -0.1) is 0 Å². The Labute approximate surface area is 169 Å². The van der Waals surface area contributed by atoms with Crippen molar-refractivity contribution in [3.63, 3.8) is 0 Å². The summed E-state index contributed by atoms with van der Waals surface area (Å²) in [4.78, 5) is 0. The lowest BCUT2D eigenvalue weighted by Crippen LogP contribution is -2.29. The van der Waals surface area contributed by atoms with Crippen molar-refractivity contribution in [2.24, 2.45) is 0 Å². The maximum atomic E-state index is 11.9. The lowest BCUT2D eigenvalue weighted by molar-refractivity contribution is 0.392. The van der Waals surface area contributed by atoms with E-state index < -0.39 is 16.1 Å². The first-order valence-corrected chi connectivity index (χ1v) is 10.6. The van der Waals surface area contributed by atoms with Crippen molar-refractivity contribution in [1.82, 2.24) is 4.72 Å². The van der Waals surface area contributed by atoms with Gasteiger partial charge in [-0.3, -0.25) is 0 Å². The van der Waals surface area contributed by atoms with Gasteiger partial charge in [0, 0.05) is 0 Å². The zero-order chi connectivity index (χ0) is 20.4. The summed E-state index contributed by atoms with van der Waals surface area (Å²) < 4.78 is 26.6. The van der Waals surface area contributed by atoms with E-state index in [1.165, 1.54) is 17.2 Å². The van der Waals surface area contributed by atoms with Gasteiger partial charge in [0.2, 0.25) is 5.88 Å². The summed E-state index contributed by atoms with van der Waals surface area (Å²) in [6, 6.07) is 23.4. The molecule has 7 heteroatoms. The summed E-state index contributed by atoms with van der Waals surface area (Å²) in [6.07, 6.45) is 2.50. The fraction of sp³-hybridized carbons (Fsp3) is 0.0909. The average molecular weight is 408 g/mol. The Balaban J connectivity index is 1.45. The Morgan fingerprint density at radius 1 is 0.793 bits per heavy atom. The molecule has 3 aromatic rings. The molecule has 0 saturated carbocycles. The highest BCUT2D eigenvalue weighted by molar-refractivity contribution is 7.91. The Hall–Kier alpha value is -3.45. The quantitative estimate of drug-likeness (QED) is 0.598. The molecule has 3 N–H and O–H groups in total. The van der Waals surface area contributed by atoms with Gasteiger partial charge in [0.05, 0.1) is 6.20 Å². The van der Waals surface area contributed by atoms with Crippen LogP contribution in [0.3, 0.4) is 0 Å². The van der Waals surface area contributed by atoms with Crippen LogP contribution in [0.5, 0.6) is 5.75 Å². The first kappa shape index (κ1) is 18.9. The molecule has 148 valence electrons. The maximum absolute atomic E-state index is 11.9. The molecule has 0 fully saturated rings. The zero-order valence-electron chi connectivity index (χ0n) is 15.5. The van der Waals surface area contributed by atoms with Crippen molar-refractivity contribution in [3.05, 3.63) is 96.0 Å². The van der Waals surface area contributed by atoms with Crippen LogP contribution in [0.2, 0.25) is 0 Å². The van der Waals surface area contributed by atoms with Gasteiger partial charge in [-0.2, -0.15) is 8.42 Å². The van der Waals surface area contributed by atoms with Gasteiger partial charge >= 0.3 is 10.2 Å². The summed E-state index contributed by atoms with van der Waals surface area (Å²) in [5.74, 6) is -0.661. The molecule has 6 nitrogen and oxygen atoms in total. The molecule has 0 unspecified atom stereocenters. The van der Waals surface area contributed by atoms with Crippen molar-refractivity contribution < 1.29 is 18.6 Å². The predicted octanol–water partition coefficient (Wildman–Crippen LogP) is 3.86. The van der Waals surface area contributed by atoms with Crippen LogP contribution in [0.25, 0.3) is 11.1 Å². The highest BCUT2D eigenvalue weighted by Crippen LogP contribution is 2.32. The van der Waals surface area contributed by atoms with Crippen molar-refractivity contribution in [2.45, 2.75) is 12.8 Å². The van der Waals surface area contributed by atoms with E-state index in [0.717, 1.165) is 28.1 Å². The first-order chi connectivity index (χ1) is 13.9. The number of rotatable bonds is 5.